The summed E-state index contributed by atoms with van der Waals surface area (Å²) in [6.07, 6.45) is 8.60. The molecule has 0 fully saturated rings. The summed E-state index contributed by atoms with van der Waals surface area (Å²) in [6.45, 7) is 0.590. The Morgan fingerprint density at radius 1 is 1.02 bits per heavy atom. The second-order valence-electron chi connectivity index (χ2n) is 10.9. The molecule has 1 aliphatic rings. The van der Waals surface area contributed by atoms with Crippen LogP contribution in [0, 0.1) is 0 Å². The first-order valence-corrected chi connectivity index (χ1v) is 14.1. The monoisotopic (exact) mass is 570 g/mol. The lowest BCUT2D eigenvalue weighted by Crippen LogP contribution is -2.29. The van der Waals surface area contributed by atoms with Gasteiger partial charge in [0.05, 0.1) is 22.9 Å². The zero-order chi connectivity index (χ0) is 29.5. The minimum Gasteiger partial charge on any atom is -0.383 e. The summed E-state index contributed by atoms with van der Waals surface area (Å²) < 4.78 is 3.74. The highest BCUT2D eigenvalue weighted by molar-refractivity contribution is 5.95. The van der Waals surface area contributed by atoms with E-state index in [0.717, 1.165) is 46.4 Å². The van der Waals surface area contributed by atoms with Gasteiger partial charge >= 0.3 is 0 Å². The molecule has 3 N–H and O–H groups in total. The molecule has 11 heteroatoms. The summed E-state index contributed by atoms with van der Waals surface area (Å²) in [7, 11) is 3.93. The molecule has 7 rings (SSSR count). The number of nitrogen functional groups attached to an aromatic ring is 1. The maximum Gasteiger partial charge on any atom is 0.253 e. The molecule has 1 aromatic carbocycles. The van der Waals surface area contributed by atoms with Gasteiger partial charge in [0.2, 0.25) is 0 Å². The molecule has 5 heterocycles. The number of fused-ring (bicyclic) bond motifs is 2. The minimum atomic E-state index is -0.114. The maximum atomic E-state index is 13.4. The molecule has 1 aliphatic carbocycles. The second kappa shape index (κ2) is 10.8. The third kappa shape index (κ3) is 4.89. The molecule has 5 aromatic heterocycles. The van der Waals surface area contributed by atoms with Crippen LogP contribution >= 0.6 is 0 Å². The van der Waals surface area contributed by atoms with E-state index in [-0.39, 0.29) is 11.9 Å². The van der Waals surface area contributed by atoms with E-state index in [2.05, 4.69) is 32.5 Å². The number of hydrogen-bond donors (Lipinski definition) is 2. The van der Waals surface area contributed by atoms with Crippen molar-refractivity contribution in [3.8, 4) is 22.9 Å². The van der Waals surface area contributed by atoms with E-state index in [1.165, 1.54) is 0 Å². The number of nitrogens with two attached hydrogens (primary N) is 1. The van der Waals surface area contributed by atoms with Crippen molar-refractivity contribution in [1.82, 2.24) is 44.5 Å². The minimum absolute atomic E-state index is 0.0959. The Labute approximate surface area is 248 Å². The van der Waals surface area contributed by atoms with Crippen molar-refractivity contribution in [2.45, 2.75) is 25.4 Å². The molecule has 11 nitrogen and oxygen atoms in total. The van der Waals surface area contributed by atoms with Gasteiger partial charge in [-0.05, 0) is 92.7 Å². The molecule has 0 bridgehead atoms. The van der Waals surface area contributed by atoms with Crippen LogP contribution in [0.5, 0.6) is 0 Å². The number of anilines is 1. The molecule has 6 aromatic rings. The second-order valence-corrected chi connectivity index (χ2v) is 10.9. The largest absolute Gasteiger partial charge is 0.383 e. The van der Waals surface area contributed by atoms with Crippen LogP contribution in [0.1, 0.15) is 39.6 Å². The van der Waals surface area contributed by atoms with Gasteiger partial charge in [-0.15, -0.1) is 0 Å². The van der Waals surface area contributed by atoms with Gasteiger partial charge in [-0.3, -0.25) is 14.3 Å². The van der Waals surface area contributed by atoms with Crippen molar-refractivity contribution in [2.75, 3.05) is 19.8 Å². The van der Waals surface area contributed by atoms with E-state index in [9.17, 15) is 4.79 Å². The Bertz CT molecular complexity index is 1960. The number of rotatable bonds is 7. The Hall–Kier alpha value is -5.42. The molecule has 214 valence electrons. The normalized spacial score (nSPS) is 14.3. The summed E-state index contributed by atoms with van der Waals surface area (Å²) in [5.74, 6) is 1.60. The number of carbonyl (C=O) groups is 1. The third-order valence-electron chi connectivity index (χ3n) is 7.68. The van der Waals surface area contributed by atoms with Crippen molar-refractivity contribution >= 4 is 22.9 Å². The van der Waals surface area contributed by atoms with Gasteiger partial charge < -0.3 is 16.0 Å². The summed E-state index contributed by atoms with van der Waals surface area (Å²) in [4.78, 5) is 34.0. The maximum absolute atomic E-state index is 13.4. The van der Waals surface area contributed by atoms with Crippen LogP contribution in [0.2, 0.25) is 0 Å². The number of pyridine rings is 3. The quantitative estimate of drug-likeness (QED) is 0.293. The Morgan fingerprint density at radius 3 is 2.70 bits per heavy atom. The van der Waals surface area contributed by atoms with Crippen molar-refractivity contribution in [3.05, 3.63) is 108 Å². The highest BCUT2D eigenvalue weighted by atomic mass is 16.1. The van der Waals surface area contributed by atoms with Crippen LogP contribution in [0.15, 0.2) is 85.5 Å². The predicted octanol–water partition coefficient (Wildman–Crippen LogP) is 4.12. The number of benzene rings is 1. The van der Waals surface area contributed by atoms with E-state index < -0.39 is 0 Å². The lowest BCUT2D eigenvalue weighted by atomic mass is 10.1. The number of imidazole rings is 1. The van der Waals surface area contributed by atoms with Crippen molar-refractivity contribution < 1.29 is 4.79 Å². The third-order valence-corrected chi connectivity index (χ3v) is 7.68. The Morgan fingerprint density at radius 2 is 1.88 bits per heavy atom. The number of aromatic nitrogens is 7. The average molecular weight is 571 g/mol. The molecular formula is C32H30N10O. The van der Waals surface area contributed by atoms with Gasteiger partial charge in [0.25, 0.3) is 5.91 Å². The van der Waals surface area contributed by atoms with Gasteiger partial charge in [-0.1, -0.05) is 6.07 Å². The lowest BCUT2D eigenvalue weighted by Gasteiger charge is -2.17. The Kier molecular flexibility index (Phi) is 6.63. The zero-order valence-corrected chi connectivity index (χ0v) is 23.8. The van der Waals surface area contributed by atoms with E-state index >= 15 is 0 Å². The Balaban J connectivity index is 1.27. The van der Waals surface area contributed by atoms with Crippen LogP contribution in [0.4, 0.5) is 5.82 Å². The molecule has 43 heavy (non-hydrogen) atoms. The first kappa shape index (κ1) is 26.5. The fourth-order valence-corrected chi connectivity index (χ4v) is 5.71. The van der Waals surface area contributed by atoms with Crippen molar-refractivity contribution in [2.24, 2.45) is 0 Å². The molecule has 0 aliphatic heterocycles. The highest BCUT2D eigenvalue weighted by Gasteiger charge is 2.27. The number of hydrogen-bond acceptors (Lipinski definition) is 8. The van der Waals surface area contributed by atoms with Crippen LogP contribution in [0.3, 0.4) is 0 Å². The van der Waals surface area contributed by atoms with Gasteiger partial charge in [0, 0.05) is 37.0 Å². The van der Waals surface area contributed by atoms with Crippen molar-refractivity contribution in [3.63, 3.8) is 0 Å². The van der Waals surface area contributed by atoms with Gasteiger partial charge in [0.15, 0.2) is 17.3 Å². The summed E-state index contributed by atoms with van der Waals surface area (Å²) in [5, 5.41) is 7.60. The predicted molar refractivity (Wildman–Crippen MR) is 164 cm³/mol. The van der Waals surface area contributed by atoms with Crippen LogP contribution in [0.25, 0.3) is 34.1 Å². The number of aryl methyl sites for hydroxylation is 1. The van der Waals surface area contributed by atoms with E-state index in [0.29, 0.717) is 35.2 Å². The number of nitrogens with one attached hydrogen (secondary N) is 1. The summed E-state index contributed by atoms with van der Waals surface area (Å²) >= 11 is 0. The summed E-state index contributed by atoms with van der Waals surface area (Å²) in [5.41, 5.74) is 13.0. The molecule has 0 saturated carbocycles. The van der Waals surface area contributed by atoms with E-state index in [1.54, 1.807) is 29.3 Å². The smallest absolute Gasteiger partial charge is 0.253 e. The van der Waals surface area contributed by atoms with Gasteiger partial charge in [-0.25, -0.2) is 19.6 Å². The molecule has 0 spiro atoms. The topological polar surface area (TPSA) is 133 Å². The number of nitrogens with zero attached hydrogens (tertiary/aromatic N) is 8. The molecular weight excluding hydrogens is 540 g/mol. The van der Waals surface area contributed by atoms with Crippen LogP contribution in [-0.2, 0) is 13.0 Å². The molecule has 1 amide bonds. The molecule has 1 atom stereocenters. The van der Waals surface area contributed by atoms with E-state index in [1.807, 2.05) is 72.2 Å². The first-order valence-electron chi connectivity index (χ1n) is 14.1. The van der Waals surface area contributed by atoms with Crippen molar-refractivity contribution in [1.29, 1.82) is 0 Å². The first-order chi connectivity index (χ1) is 21.0. The average Bonchev–Trinajstić information content (AvgIpc) is 3.76. The molecule has 0 saturated heterocycles. The molecule has 0 unspecified atom stereocenters. The molecule has 0 radical (unpaired) electrons. The van der Waals surface area contributed by atoms with Gasteiger partial charge in [-0.2, -0.15) is 5.10 Å². The lowest BCUT2D eigenvalue weighted by molar-refractivity contribution is 0.0934. The highest BCUT2D eigenvalue weighted by Crippen LogP contribution is 2.36. The summed E-state index contributed by atoms with van der Waals surface area (Å²) in [6, 6.07) is 19.3. The number of amides is 1. The number of carbonyl (C=O) groups excluding carboxylic acids is 1. The van der Waals surface area contributed by atoms with Crippen LogP contribution < -0.4 is 11.1 Å². The van der Waals surface area contributed by atoms with E-state index in [4.69, 9.17) is 15.7 Å². The van der Waals surface area contributed by atoms with Crippen LogP contribution in [-0.4, -0.2) is 59.2 Å². The fourth-order valence-electron chi connectivity index (χ4n) is 5.71. The standard InChI is InChI=1S/C32H30N10O/c1-40(2)19-27-23(6-3-14-34-27)32(43)38-25-11-8-20-18-21(9-10-22(20)25)42-30(24-7-4-15-35-29(24)33)37-26-12-13-28(39-31(26)42)41-17-5-16-36-41/h3-7,9-10,12-18,25H,8,11,19H2,1-2H3,(H2,33,35)(H,38,43)/t25-/m0/s1. The van der Waals surface area contributed by atoms with Gasteiger partial charge in [0.1, 0.15) is 11.3 Å². The SMILES string of the molecule is CN(C)Cc1ncccc1C(=O)N[C@H]1CCc2cc(-n3c(-c4cccnc4N)nc4ccc(-n5cccn5)nc43)ccc21. The fraction of sp³-hybridized carbons (Fsp3) is 0.188. The zero-order valence-electron chi connectivity index (χ0n) is 23.8.